The molecule has 0 bridgehead atoms. The molecule has 0 amide bonds. The molecule has 2 rings (SSSR count). The van der Waals surface area contributed by atoms with E-state index in [9.17, 15) is 0 Å². The summed E-state index contributed by atoms with van der Waals surface area (Å²) in [4.78, 5) is 8.79. The van der Waals surface area contributed by atoms with Crippen LogP contribution >= 0.6 is 27.5 Å². The van der Waals surface area contributed by atoms with E-state index >= 15 is 0 Å². The molecule has 19 heavy (non-hydrogen) atoms. The second-order valence-electron chi connectivity index (χ2n) is 5.25. The molecular weight excluding hydrogens is 326 g/mol. The summed E-state index contributed by atoms with van der Waals surface area (Å²) in [6.45, 7) is 6.17. The van der Waals surface area contributed by atoms with Gasteiger partial charge in [-0.2, -0.15) is 0 Å². The van der Waals surface area contributed by atoms with Gasteiger partial charge >= 0.3 is 0 Å². The highest BCUT2D eigenvalue weighted by Gasteiger charge is 2.19. The summed E-state index contributed by atoms with van der Waals surface area (Å²) in [5.74, 6) is 1.41. The minimum Gasteiger partial charge on any atom is -0.339 e. The lowest BCUT2D eigenvalue weighted by atomic mass is 9.96. The minimum atomic E-state index is -0.144. The molecule has 0 atom stereocenters. The number of anilines is 2. The van der Waals surface area contributed by atoms with E-state index in [0.717, 1.165) is 16.0 Å². The van der Waals surface area contributed by atoms with Gasteiger partial charge in [0, 0.05) is 16.0 Å². The van der Waals surface area contributed by atoms with Crippen molar-refractivity contribution in [3.63, 3.8) is 0 Å². The number of nitrogens with one attached hydrogen (secondary N) is 1. The molecule has 100 valence electrons. The van der Waals surface area contributed by atoms with Gasteiger partial charge in [-0.15, -0.1) is 0 Å². The van der Waals surface area contributed by atoms with Crippen LogP contribution in [0.2, 0.25) is 5.15 Å². The van der Waals surface area contributed by atoms with Gasteiger partial charge in [0.15, 0.2) is 0 Å². The van der Waals surface area contributed by atoms with Gasteiger partial charge in [0.2, 0.25) is 0 Å². The predicted octanol–water partition coefficient (Wildman–Crippen LogP) is 4.93. The van der Waals surface area contributed by atoms with Crippen molar-refractivity contribution in [1.29, 1.82) is 0 Å². The van der Waals surface area contributed by atoms with Crippen molar-refractivity contribution in [1.82, 2.24) is 9.97 Å². The van der Waals surface area contributed by atoms with Crippen LogP contribution in [0.3, 0.4) is 0 Å². The molecular formula is C14H15BrClN3. The van der Waals surface area contributed by atoms with E-state index in [1.165, 1.54) is 0 Å². The first-order chi connectivity index (χ1) is 8.86. The normalized spacial score (nSPS) is 11.4. The summed E-state index contributed by atoms with van der Waals surface area (Å²) in [5.41, 5.74) is 0.798. The van der Waals surface area contributed by atoms with Crippen molar-refractivity contribution in [3.8, 4) is 0 Å². The third-order valence-corrected chi connectivity index (χ3v) is 3.39. The van der Waals surface area contributed by atoms with Crippen LogP contribution in [-0.2, 0) is 5.41 Å². The number of halogens is 2. The van der Waals surface area contributed by atoms with Crippen LogP contribution in [0.4, 0.5) is 11.5 Å². The zero-order valence-corrected chi connectivity index (χ0v) is 13.4. The molecule has 1 aromatic carbocycles. The maximum Gasteiger partial charge on any atom is 0.137 e. The Hall–Kier alpha value is -1.13. The van der Waals surface area contributed by atoms with Crippen LogP contribution in [0.25, 0.3) is 0 Å². The number of hydrogen-bond acceptors (Lipinski definition) is 3. The van der Waals surface area contributed by atoms with Gasteiger partial charge in [-0.1, -0.05) is 44.5 Å². The average Bonchev–Trinajstić information content (AvgIpc) is 2.30. The van der Waals surface area contributed by atoms with E-state index < -0.39 is 0 Å². The Morgan fingerprint density at radius 2 is 1.84 bits per heavy atom. The van der Waals surface area contributed by atoms with Crippen LogP contribution in [0, 0.1) is 0 Å². The van der Waals surface area contributed by atoms with E-state index in [1.807, 2.05) is 24.3 Å². The van der Waals surface area contributed by atoms with E-state index in [1.54, 1.807) is 6.07 Å². The molecule has 0 aliphatic carbocycles. The smallest absolute Gasteiger partial charge is 0.137 e. The summed E-state index contributed by atoms with van der Waals surface area (Å²) in [6.07, 6.45) is 0. The highest BCUT2D eigenvalue weighted by Crippen LogP contribution is 2.27. The Morgan fingerprint density at radius 1 is 1.16 bits per heavy atom. The SMILES string of the molecule is CC(C)(C)c1nc(Cl)cc(Nc2ccccc2Br)n1. The van der Waals surface area contributed by atoms with Gasteiger partial charge in [-0.25, -0.2) is 9.97 Å². The van der Waals surface area contributed by atoms with Crippen LogP contribution in [0.15, 0.2) is 34.8 Å². The quantitative estimate of drug-likeness (QED) is 0.787. The van der Waals surface area contributed by atoms with Crippen molar-refractivity contribution in [2.75, 3.05) is 5.32 Å². The Morgan fingerprint density at radius 3 is 2.47 bits per heavy atom. The van der Waals surface area contributed by atoms with Crippen molar-refractivity contribution in [2.45, 2.75) is 26.2 Å². The molecule has 0 saturated heterocycles. The minimum absolute atomic E-state index is 0.144. The lowest BCUT2D eigenvalue weighted by Crippen LogP contribution is -2.16. The molecule has 5 heteroatoms. The van der Waals surface area contributed by atoms with Crippen LogP contribution in [0.1, 0.15) is 26.6 Å². The van der Waals surface area contributed by atoms with Crippen molar-refractivity contribution in [3.05, 3.63) is 45.8 Å². The van der Waals surface area contributed by atoms with Crippen molar-refractivity contribution < 1.29 is 0 Å². The van der Waals surface area contributed by atoms with Crippen LogP contribution < -0.4 is 5.32 Å². The third-order valence-electron chi connectivity index (χ3n) is 2.50. The first-order valence-corrected chi connectivity index (χ1v) is 7.10. The molecule has 0 spiro atoms. The maximum absolute atomic E-state index is 6.06. The second-order valence-corrected chi connectivity index (χ2v) is 6.50. The molecule has 1 aromatic heterocycles. The average molecular weight is 341 g/mol. The maximum atomic E-state index is 6.06. The highest BCUT2D eigenvalue weighted by atomic mass is 79.9. The molecule has 0 unspecified atom stereocenters. The summed E-state index contributed by atoms with van der Waals surface area (Å²) in [6, 6.07) is 9.58. The number of benzene rings is 1. The first-order valence-electron chi connectivity index (χ1n) is 5.93. The van der Waals surface area contributed by atoms with Crippen LogP contribution in [0.5, 0.6) is 0 Å². The highest BCUT2D eigenvalue weighted by molar-refractivity contribution is 9.10. The zero-order valence-electron chi connectivity index (χ0n) is 11.0. The van der Waals surface area contributed by atoms with Gasteiger partial charge in [0.05, 0.1) is 5.69 Å². The third kappa shape index (κ3) is 3.67. The first kappa shape index (κ1) is 14.3. The molecule has 0 fully saturated rings. The molecule has 2 aromatic rings. The molecule has 0 aliphatic rings. The summed E-state index contributed by atoms with van der Waals surface area (Å²) < 4.78 is 0.974. The molecule has 1 heterocycles. The van der Waals surface area contributed by atoms with Gasteiger partial charge in [0.25, 0.3) is 0 Å². The number of rotatable bonds is 2. The van der Waals surface area contributed by atoms with E-state index in [2.05, 4.69) is 52.0 Å². The van der Waals surface area contributed by atoms with E-state index in [4.69, 9.17) is 11.6 Å². The molecule has 1 N–H and O–H groups in total. The Kier molecular flexibility index (Phi) is 4.11. The van der Waals surface area contributed by atoms with Crippen molar-refractivity contribution >= 4 is 39.0 Å². The van der Waals surface area contributed by atoms with Crippen molar-refractivity contribution in [2.24, 2.45) is 0 Å². The number of aromatic nitrogens is 2. The number of para-hydroxylation sites is 1. The van der Waals surface area contributed by atoms with Gasteiger partial charge in [-0.05, 0) is 28.1 Å². The molecule has 0 aliphatic heterocycles. The largest absolute Gasteiger partial charge is 0.339 e. The molecule has 0 saturated carbocycles. The van der Waals surface area contributed by atoms with E-state index in [0.29, 0.717) is 11.0 Å². The van der Waals surface area contributed by atoms with Gasteiger partial charge in [0.1, 0.15) is 16.8 Å². The summed E-state index contributed by atoms with van der Waals surface area (Å²) >= 11 is 9.55. The Labute approximate surface area is 126 Å². The van der Waals surface area contributed by atoms with Gasteiger partial charge < -0.3 is 5.32 Å². The topological polar surface area (TPSA) is 37.8 Å². The molecule has 3 nitrogen and oxygen atoms in total. The number of nitrogens with zero attached hydrogens (tertiary/aromatic N) is 2. The monoisotopic (exact) mass is 339 g/mol. The lowest BCUT2D eigenvalue weighted by Gasteiger charge is -2.18. The Balaban J connectivity index is 2.36. The fraction of sp³-hybridized carbons (Fsp3) is 0.286. The fourth-order valence-corrected chi connectivity index (χ4v) is 2.08. The van der Waals surface area contributed by atoms with Crippen LogP contribution in [-0.4, -0.2) is 9.97 Å². The standard InChI is InChI=1S/C14H15BrClN3/c1-14(2,3)13-18-11(16)8-12(19-13)17-10-7-5-4-6-9(10)15/h4-8H,1-3H3,(H,17,18,19). The van der Waals surface area contributed by atoms with Gasteiger partial charge in [-0.3, -0.25) is 0 Å². The summed E-state index contributed by atoms with van der Waals surface area (Å²) in [5, 5.41) is 3.68. The molecule has 0 radical (unpaired) electrons. The second kappa shape index (κ2) is 5.47. The van der Waals surface area contributed by atoms with E-state index in [-0.39, 0.29) is 5.41 Å². The fourth-order valence-electron chi connectivity index (χ4n) is 1.52. The number of hydrogen-bond donors (Lipinski definition) is 1. The summed E-state index contributed by atoms with van der Waals surface area (Å²) in [7, 11) is 0. The predicted molar refractivity (Wildman–Crippen MR) is 83.2 cm³/mol. The zero-order chi connectivity index (χ0) is 14.0. The Bertz CT molecular complexity index is 593. The lowest BCUT2D eigenvalue weighted by molar-refractivity contribution is 0.546.